The average molecular weight is 340 g/mol. The second-order valence-corrected chi connectivity index (χ2v) is 6.06. The Labute approximate surface area is 144 Å². The van der Waals surface area contributed by atoms with Gasteiger partial charge in [0.05, 0.1) is 0 Å². The number of hydrogen-bond donors (Lipinski definition) is 2. The van der Waals surface area contributed by atoms with Gasteiger partial charge in [0.2, 0.25) is 5.91 Å². The fraction of sp³-hybridized carbons (Fsp3) is 0.529. The van der Waals surface area contributed by atoms with Gasteiger partial charge in [-0.1, -0.05) is 6.07 Å². The van der Waals surface area contributed by atoms with Gasteiger partial charge in [0, 0.05) is 31.8 Å². The third kappa shape index (κ3) is 6.20. The van der Waals surface area contributed by atoms with Crippen LogP contribution in [-0.4, -0.2) is 43.9 Å². The Hall–Kier alpha value is -1.59. The number of piperidine rings is 1. The summed E-state index contributed by atoms with van der Waals surface area (Å²) in [6, 6.07) is 7.09. The van der Waals surface area contributed by atoms with Crippen LogP contribution in [0.5, 0.6) is 0 Å². The molecule has 2 rings (SSSR count). The van der Waals surface area contributed by atoms with E-state index in [1.54, 1.807) is 32.3 Å². The molecule has 1 aromatic carbocycles. The lowest BCUT2D eigenvalue weighted by Crippen LogP contribution is -2.28. The lowest BCUT2D eigenvalue weighted by atomic mass is 9.93. The van der Waals surface area contributed by atoms with Crippen LogP contribution in [0, 0.1) is 5.92 Å². The minimum Gasteiger partial charge on any atom is -0.345 e. The quantitative estimate of drug-likeness (QED) is 0.866. The Morgan fingerprint density at radius 3 is 2.61 bits per heavy atom. The molecular formula is C17H26ClN3O2. The van der Waals surface area contributed by atoms with Crippen LogP contribution >= 0.6 is 12.4 Å². The summed E-state index contributed by atoms with van der Waals surface area (Å²) in [5.74, 6) is 0.604. The molecule has 2 amide bonds. The van der Waals surface area contributed by atoms with Crippen LogP contribution in [0.3, 0.4) is 0 Å². The molecule has 23 heavy (non-hydrogen) atoms. The van der Waals surface area contributed by atoms with Gasteiger partial charge in [-0.3, -0.25) is 9.59 Å². The zero-order chi connectivity index (χ0) is 15.9. The molecule has 0 aromatic heterocycles. The maximum Gasteiger partial charge on any atom is 0.253 e. The first-order valence-corrected chi connectivity index (χ1v) is 7.88. The molecule has 0 unspecified atom stereocenters. The normalized spacial score (nSPS) is 14.7. The number of carbonyl (C=O) groups excluding carboxylic acids is 2. The fourth-order valence-electron chi connectivity index (χ4n) is 2.72. The summed E-state index contributed by atoms with van der Waals surface area (Å²) in [5.41, 5.74) is 1.27. The average Bonchev–Trinajstić information content (AvgIpc) is 2.53. The largest absolute Gasteiger partial charge is 0.345 e. The number of benzene rings is 1. The SMILES string of the molecule is CN(C)C(=O)c1cccc(NC(=O)CCC2CCNCC2)c1.Cl. The van der Waals surface area contributed by atoms with E-state index in [2.05, 4.69) is 10.6 Å². The number of amides is 2. The summed E-state index contributed by atoms with van der Waals surface area (Å²) in [6.07, 6.45) is 3.78. The monoisotopic (exact) mass is 339 g/mol. The van der Waals surface area contributed by atoms with E-state index in [9.17, 15) is 9.59 Å². The molecule has 1 fully saturated rings. The van der Waals surface area contributed by atoms with Crippen molar-refractivity contribution in [1.82, 2.24) is 10.2 Å². The Balaban J connectivity index is 0.00000264. The lowest BCUT2D eigenvalue weighted by Gasteiger charge is -2.22. The van der Waals surface area contributed by atoms with Crippen molar-refractivity contribution in [2.75, 3.05) is 32.5 Å². The lowest BCUT2D eigenvalue weighted by molar-refractivity contribution is -0.116. The molecule has 1 heterocycles. The van der Waals surface area contributed by atoms with E-state index in [0.29, 0.717) is 23.6 Å². The van der Waals surface area contributed by atoms with Crippen molar-refractivity contribution >= 4 is 29.9 Å². The molecule has 2 N–H and O–H groups in total. The summed E-state index contributed by atoms with van der Waals surface area (Å²) in [7, 11) is 3.43. The fourth-order valence-corrected chi connectivity index (χ4v) is 2.72. The highest BCUT2D eigenvalue weighted by Crippen LogP contribution is 2.18. The smallest absolute Gasteiger partial charge is 0.253 e. The van der Waals surface area contributed by atoms with Gasteiger partial charge in [-0.05, 0) is 56.5 Å². The van der Waals surface area contributed by atoms with E-state index >= 15 is 0 Å². The van der Waals surface area contributed by atoms with Gasteiger partial charge in [-0.2, -0.15) is 0 Å². The van der Waals surface area contributed by atoms with Crippen LogP contribution in [0.4, 0.5) is 5.69 Å². The molecule has 0 atom stereocenters. The first-order chi connectivity index (χ1) is 10.6. The van der Waals surface area contributed by atoms with Crippen LogP contribution < -0.4 is 10.6 Å². The van der Waals surface area contributed by atoms with Crippen molar-refractivity contribution < 1.29 is 9.59 Å². The summed E-state index contributed by atoms with van der Waals surface area (Å²) in [6.45, 7) is 2.11. The Bertz CT molecular complexity index is 528. The molecule has 6 heteroatoms. The highest BCUT2D eigenvalue weighted by Gasteiger charge is 2.15. The first-order valence-electron chi connectivity index (χ1n) is 7.88. The van der Waals surface area contributed by atoms with Crippen LogP contribution in [0.25, 0.3) is 0 Å². The maximum absolute atomic E-state index is 12.0. The number of halogens is 1. The van der Waals surface area contributed by atoms with Crippen molar-refractivity contribution in [3.05, 3.63) is 29.8 Å². The minimum atomic E-state index is -0.0641. The predicted octanol–water partition coefficient (Wildman–Crippen LogP) is 2.53. The molecule has 0 spiro atoms. The number of nitrogens with zero attached hydrogens (tertiary/aromatic N) is 1. The Morgan fingerprint density at radius 1 is 1.26 bits per heavy atom. The molecule has 1 saturated heterocycles. The number of rotatable bonds is 5. The number of hydrogen-bond acceptors (Lipinski definition) is 3. The first kappa shape index (κ1) is 19.5. The predicted molar refractivity (Wildman–Crippen MR) is 95.2 cm³/mol. The van der Waals surface area contributed by atoms with Crippen molar-refractivity contribution in [3.8, 4) is 0 Å². The highest BCUT2D eigenvalue weighted by atomic mass is 35.5. The van der Waals surface area contributed by atoms with E-state index in [1.165, 1.54) is 4.90 Å². The van der Waals surface area contributed by atoms with Crippen molar-refractivity contribution in [3.63, 3.8) is 0 Å². The topological polar surface area (TPSA) is 61.4 Å². The van der Waals surface area contributed by atoms with Crippen LogP contribution in [0.2, 0.25) is 0 Å². The van der Waals surface area contributed by atoms with Gasteiger partial charge in [-0.25, -0.2) is 0 Å². The zero-order valence-electron chi connectivity index (χ0n) is 13.8. The van der Waals surface area contributed by atoms with Gasteiger partial charge in [0.1, 0.15) is 0 Å². The molecule has 0 bridgehead atoms. The Morgan fingerprint density at radius 2 is 1.96 bits per heavy atom. The van der Waals surface area contributed by atoms with Gasteiger partial charge in [-0.15, -0.1) is 12.4 Å². The van der Waals surface area contributed by atoms with E-state index in [-0.39, 0.29) is 24.2 Å². The van der Waals surface area contributed by atoms with Gasteiger partial charge in [0.15, 0.2) is 0 Å². The second-order valence-electron chi connectivity index (χ2n) is 6.06. The highest BCUT2D eigenvalue weighted by molar-refractivity contribution is 5.96. The zero-order valence-corrected chi connectivity index (χ0v) is 14.6. The van der Waals surface area contributed by atoms with Crippen molar-refractivity contribution in [1.29, 1.82) is 0 Å². The van der Waals surface area contributed by atoms with E-state index in [1.807, 2.05) is 6.07 Å². The maximum atomic E-state index is 12.0. The molecule has 1 aromatic rings. The number of carbonyl (C=O) groups is 2. The van der Waals surface area contributed by atoms with Gasteiger partial charge >= 0.3 is 0 Å². The third-order valence-corrected chi connectivity index (χ3v) is 4.04. The van der Waals surface area contributed by atoms with Gasteiger partial charge in [0.25, 0.3) is 5.91 Å². The molecule has 1 aliphatic heterocycles. The van der Waals surface area contributed by atoms with E-state index < -0.39 is 0 Å². The third-order valence-electron chi connectivity index (χ3n) is 4.04. The molecule has 128 valence electrons. The molecule has 5 nitrogen and oxygen atoms in total. The van der Waals surface area contributed by atoms with E-state index in [4.69, 9.17) is 0 Å². The minimum absolute atomic E-state index is 0. The molecule has 1 aliphatic rings. The summed E-state index contributed by atoms with van der Waals surface area (Å²) < 4.78 is 0. The molecule has 0 saturated carbocycles. The van der Waals surface area contributed by atoms with Gasteiger partial charge < -0.3 is 15.5 Å². The number of nitrogens with one attached hydrogen (secondary N) is 2. The molecule has 0 radical (unpaired) electrons. The summed E-state index contributed by atoms with van der Waals surface area (Å²) in [4.78, 5) is 25.5. The number of anilines is 1. The van der Waals surface area contributed by atoms with Crippen LogP contribution in [-0.2, 0) is 4.79 Å². The van der Waals surface area contributed by atoms with Crippen LogP contribution in [0.15, 0.2) is 24.3 Å². The van der Waals surface area contributed by atoms with Crippen molar-refractivity contribution in [2.24, 2.45) is 5.92 Å². The molecular weight excluding hydrogens is 314 g/mol. The van der Waals surface area contributed by atoms with E-state index in [0.717, 1.165) is 32.4 Å². The van der Waals surface area contributed by atoms with Crippen LogP contribution in [0.1, 0.15) is 36.0 Å². The van der Waals surface area contributed by atoms with Crippen molar-refractivity contribution in [2.45, 2.75) is 25.7 Å². The standard InChI is InChI=1S/C17H25N3O2.ClH/c1-20(2)17(22)14-4-3-5-15(12-14)19-16(21)7-6-13-8-10-18-11-9-13;/h3-5,12-13,18H,6-11H2,1-2H3,(H,19,21);1H. The summed E-state index contributed by atoms with van der Waals surface area (Å²) in [5, 5.41) is 6.22. The Kier molecular flexibility index (Phi) is 8.06. The summed E-state index contributed by atoms with van der Waals surface area (Å²) >= 11 is 0. The second kappa shape index (κ2) is 9.53. The molecule has 0 aliphatic carbocycles.